The van der Waals surface area contributed by atoms with E-state index in [0.29, 0.717) is 22.7 Å². The first-order valence-corrected chi connectivity index (χ1v) is 8.93. The third-order valence-corrected chi connectivity index (χ3v) is 4.42. The van der Waals surface area contributed by atoms with Crippen LogP contribution in [0.25, 0.3) is 22.0 Å². The summed E-state index contributed by atoms with van der Waals surface area (Å²) in [6, 6.07) is 15.2. The van der Waals surface area contributed by atoms with Crippen LogP contribution >= 0.6 is 0 Å². The first-order valence-electron chi connectivity index (χ1n) is 8.93. The van der Waals surface area contributed by atoms with Gasteiger partial charge in [0, 0.05) is 17.0 Å². The number of carbonyl (C=O) groups is 1. The molecule has 1 aromatic heterocycles. The minimum Gasteiger partial charge on any atom is -0.273 e. The number of hydrogen-bond donors (Lipinski definition) is 1. The van der Waals surface area contributed by atoms with Gasteiger partial charge in [-0.25, -0.2) is 18.6 Å². The number of carbonyl (C=O) groups excluding carboxylic acids is 1. The molecule has 0 aliphatic rings. The molecule has 0 aliphatic carbocycles. The Bertz CT molecular complexity index is 1300. The minimum atomic E-state index is -0.813. The van der Waals surface area contributed by atoms with Crippen LogP contribution in [0.15, 0.2) is 71.5 Å². The number of nitrogens with one attached hydrogen (secondary N) is 1. The van der Waals surface area contributed by atoms with E-state index in [0.717, 1.165) is 23.0 Å². The SMILES string of the molecule is O=C(Cc1cc(F)cc(F)c1)Nn1nc(-c2ccccc2)c2cc(F)ccc2c1=O. The quantitative estimate of drug-likeness (QED) is 0.558. The third kappa shape index (κ3) is 3.93. The number of rotatable bonds is 4. The molecule has 1 N–H and O–H groups in total. The fourth-order valence-corrected chi connectivity index (χ4v) is 3.15. The molecule has 4 aromatic rings. The zero-order valence-corrected chi connectivity index (χ0v) is 15.4. The monoisotopic (exact) mass is 409 g/mol. The second kappa shape index (κ2) is 7.82. The van der Waals surface area contributed by atoms with Gasteiger partial charge in [-0.1, -0.05) is 30.3 Å². The Balaban J connectivity index is 1.75. The Morgan fingerprint density at radius 2 is 1.57 bits per heavy atom. The van der Waals surface area contributed by atoms with E-state index in [4.69, 9.17) is 0 Å². The molecule has 30 heavy (non-hydrogen) atoms. The Kier molecular flexibility index (Phi) is 5.05. The standard InChI is InChI=1S/C22H14F3N3O2/c23-15-6-7-18-19(12-15)21(14-4-2-1-3-5-14)27-28(22(18)30)26-20(29)10-13-8-16(24)11-17(25)9-13/h1-9,11-12H,10H2,(H,26,29). The molecule has 0 saturated carbocycles. The topological polar surface area (TPSA) is 64.0 Å². The lowest BCUT2D eigenvalue weighted by molar-refractivity contribution is -0.116. The van der Waals surface area contributed by atoms with Crippen LogP contribution < -0.4 is 11.0 Å². The number of hydrogen-bond acceptors (Lipinski definition) is 3. The van der Waals surface area contributed by atoms with Crippen molar-refractivity contribution < 1.29 is 18.0 Å². The van der Waals surface area contributed by atoms with E-state index in [-0.39, 0.29) is 17.4 Å². The van der Waals surface area contributed by atoms with Gasteiger partial charge in [0.1, 0.15) is 23.1 Å². The predicted octanol–water partition coefficient (Wildman–Crippen LogP) is 3.79. The van der Waals surface area contributed by atoms with E-state index in [1.807, 2.05) is 0 Å². The summed E-state index contributed by atoms with van der Waals surface area (Å²) in [6.07, 6.45) is -0.370. The lowest BCUT2D eigenvalue weighted by atomic mass is 10.1. The predicted molar refractivity (Wildman–Crippen MR) is 106 cm³/mol. The number of halogens is 3. The van der Waals surface area contributed by atoms with Crippen LogP contribution in [0.5, 0.6) is 0 Å². The van der Waals surface area contributed by atoms with E-state index in [2.05, 4.69) is 10.5 Å². The molecular formula is C22H14F3N3O2. The van der Waals surface area contributed by atoms with E-state index < -0.39 is 28.9 Å². The van der Waals surface area contributed by atoms with Crippen LogP contribution in [0, 0.1) is 17.5 Å². The van der Waals surface area contributed by atoms with E-state index >= 15 is 0 Å². The molecule has 3 aromatic carbocycles. The molecule has 0 atom stereocenters. The van der Waals surface area contributed by atoms with Gasteiger partial charge in [-0.3, -0.25) is 9.59 Å². The molecule has 0 radical (unpaired) electrons. The van der Waals surface area contributed by atoms with Crippen molar-refractivity contribution in [3.63, 3.8) is 0 Å². The van der Waals surface area contributed by atoms with Gasteiger partial charge >= 0.3 is 0 Å². The highest BCUT2D eigenvalue weighted by Crippen LogP contribution is 2.25. The Morgan fingerprint density at radius 1 is 0.867 bits per heavy atom. The fourth-order valence-electron chi connectivity index (χ4n) is 3.15. The number of nitrogens with zero attached hydrogens (tertiary/aromatic N) is 2. The molecule has 0 saturated heterocycles. The minimum absolute atomic E-state index is 0.101. The van der Waals surface area contributed by atoms with Gasteiger partial charge < -0.3 is 0 Å². The molecule has 4 rings (SSSR count). The molecule has 0 aliphatic heterocycles. The Morgan fingerprint density at radius 3 is 2.27 bits per heavy atom. The van der Waals surface area contributed by atoms with Crippen molar-refractivity contribution in [2.45, 2.75) is 6.42 Å². The highest BCUT2D eigenvalue weighted by atomic mass is 19.1. The normalized spacial score (nSPS) is 10.9. The van der Waals surface area contributed by atoms with Crippen molar-refractivity contribution in [1.29, 1.82) is 0 Å². The van der Waals surface area contributed by atoms with Gasteiger partial charge in [0.15, 0.2) is 0 Å². The first-order chi connectivity index (χ1) is 14.4. The third-order valence-electron chi connectivity index (χ3n) is 4.42. The van der Waals surface area contributed by atoms with Crippen LogP contribution in [0.2, 0.25) is 0 Å². The summed E-state index contributed by atoms with van der Waals surface area (Å²) in [5, 5.41) is 4.64. The zero-order chi connectivity index (χ0) is 21.3. The average Bonchev–Trinajstić information content (AvgIpc) is 2.70. The summed E-state index contributed by atoms with van der Waals surface area (Å²) >= 11 is 0. The largest absolute Gasteiger partial charge is 0.294 e. The molecule has 5 nitrogen and oxygen atoms in total. The maximum absolute atomic E-state index is 13.8. The van der Waals surface area contributed by atoms with Crippen LogP contribution in [0.3, 0.4) is 0 Å². The van der Waals surface area contributed by atoms with Gasteiger partial charge in [-0.2, -0.15) is 0 Å². The number of benzene rings is 3. The van der Waals surface area contributed by atoms with Crippen molar-refractivity contribution in [2.24, 2.45) is 0 Å². The van der Waals surface area contributed by atoms with E-state index in [1.54, 1.807) is 30.3 Å². The highest BCUT2D eigenvalue weighted by Gasteiger charge is 2.15. The number of amides is 1. The summed E-state index contributed by atoms with van der Waals surface area (Å²) in [7, 11) is 0. The Labute approximate surface area is 168 Å². The second-order valence-electron chi connectivity index (χ2n) is 6.61. The molecular weight excluding hydrogens is 395 g/mol. The molecule has 150 valence electrons. The Hall–Kier alpha value is -3.94. The molecule has 0 fully saturated rings. The van der Waals surface area contributed by atoms with Crippen molar-refractivity contribution >= 4 is 16.7 Å². The number of fused-ring (bicyclic) bond motifs is 1. The lowest BCUT2D eigenvalue weighted by Gasteiger charge is -2.12. The van der Waals surface area contributed by atoms with E-state index in [9.17, 15) is 22.8 Å². The molecule has 8 heteroatoms. The average molecular weight is 409 g/mol. The van der Waals surface area contributed by atoms with Crippen LogP contribution in [-0.4, -0.2) is 15.8 Å². The smallest absolute Gasteiger partial charge is 0.273 e. The van der Waals surface area contributed by atoms with Crippen molar-refractivity contribution in [2.75, 3.05) is 5.43 Å². The van der Waals surface area contributed by atoms with Gasteiger partial charge in [0.05, 0.1) is 11.8 Å². The lowest BCUT2D eigenvalue weighted by Crippen LogP contribution is -2.36. The van der Waals surface area contributed by atoms with Gasteiger partial charge in [-0.05, 0) is 35.9 Å². The van der Waals surface area contributed by atoms with Crippen LogP contribution in [0.4, 0.5) is 13.2 Å². The zero-order valence-electron chi connectivity index (χ0n) is 15.4. The molecule has 1 heterocycles. The van der Waals surface area contributed by atoms with Gasteiger partial charge in [-0.15, -0.1) is 9.89 Å². The summed E-state index contributed by atoms with van der Waals surface area (Å²) in [5.74, 6) is -2.86. The highest BCUT2D eigenvalue weighted by molar-refractivity contribution is 5.94. The van der Waals surface area contributed by atoms with Gasteiger partial charge in [0.25, 0.3) is 5.56 Å². The van der Waals surface area contributed by atoms with Crippen molar-refractivity contribution in [3.8, 4) is 11.3 Å². The number of aromatic nitrogens is 2. The molecule has 1 amide bonds. The summed E-state index contributed by atoms with van der Waals surface area (Å²) in [5.41, 5.74) is 2.68. The van der Waals surface area contributed by atoms with E-state index in [1.165, 1.54) is 12.1 Å². The van der Waals surface area contributed by atoms with Crippen molar-refractivity contribution in [3.05, 3.63) is 100 Å². The van der Waals surface area contributed by atoms with Crippen molar-refractivity contribution in [1.82, 2.24) is 9.89 Å². The first kappa shape index (κ1) is 19.4. The van der Waals surface area contributed by atoms with Gasteiger partial charge in [0.2, 0.25) is 5.91 Å². The summed E-state index contributed by atoms with van der Waals surface area (Å²) in [4.78, 5) is 25.9. The van der Waals surface area contributed by atoms with Crippen LogP contribution in [-0.2, 0) is 11.2 Å². The fraction of sp³-hybridized carbons (Fsp3) is 0.0455. The molecule has 0 bridgehead atoms. The molecule has 0 spiro atoms. The maximum Gasteiger partial charge on any atom is 0.294 e. The second-order valence-corrected chi connectivity index (χ2v) is 6.61. The molecule has 0 unspecified atom stereocenters. The summed E-state index contributed by atoms with van der Waals surface area (Å²) < 4.78 is 40.5. The van der Waals surface area contributed by atoms with Crippen LogP contribution in [0.1, 0.15) is 5.56 Å². The summed E-state index contributed by atoms with van der Waals surface area (Å²) in [6.45, 7) is 0. The maximum atomic E-state index is 13.8.